The number of benzene rings is 1. The molecular formula is C23H23N5O4S2. The van der Waals surface area contributed by atoms with Crippen molar-refractivity contribution in [2.45, 2.75) is 24.8 Å². The lowest BCUT2D eigenvalue weighted by atomic mass is 9.80. The summed E-state index contributed by atoms with van der Waals surface area (Å²) in [4.78, 5) is 47.9. The monoisotopic (exact) mass is 497 g/mol. The second-order valence-electron chi connectivity index (χ2n) is 8.66. The Bertz CT molecular complexity index is 1300. The number of ether oxygens (including phenoxy) is 1. The van der Waals surface area contributed by atoms with Crippen molar-refractivity contribution in [3.8, 4) is 0 Å². The number of rotatable bonds is 4. The Balaban J connectivity index is 1.16. The van der Waals surface area contributed by atoms with E-state index in [0.717, 1.165) is 56.6 Å². The number of morpholine rings is 1. The first kappa shape index (κ1) is 21.5. The van der Waals surface area contributed by atoms with Crippen LogP contribution in [0, 0.1) is 0 Å². The fourth-order valence-electron chi connectivity index (χ4n) is 4.91. The van der Waals surface area contributed by atoms with Crippen molar-refractivity contribution in [2.75, 3.05) is 43.1 Å². The van der Waals surface area contributed by atoms with Gasteiger partial charge in [0, 0.05) is 29.2 Å². The smallest absolute Gasteiger partial charge is 0.325 e. The number of fused-ring (bicyclic) bond motifs is 3. The molecule has 1 atom stereocenters. The van der Waals surface area contributed by atoms with Gasteiger partial charge in [0.25, 0.3) is 5.91 Å². The van der Waals surface area contributed by atoms with Gasteiger partial charge < -0.3 is 20.3 Å². The highest BCUT2D eigenvalue weighted by Gasteiger charge is 2.54. The second kappa shape index (κ2) is 8.33. The van der Waals surface area contributed by atoms with E-state index in [9.17, 15) is 14.4 Å². The van der Waals surface area contributed by atoms with E-state index in [2.05, 4.69) is 15.5 Å². The highest BCUT2D eigenvalue weighted by atomic mass is 32.1. The average molecular weight is 498 g/mol. The van der Waals surface area contributed by atoms with Crippen LogP contribution in [0.4, 0.5) is 15.6 Å². The number of carbonyl (C=O) groups excluding carboxylic acids is 3. The Morgan fingerprint density at radius 1 is 1.24 bits per heavy atom. The van der Waals surface area contributed by atoms with Crippen molar-refractivity contribution < 1.29 is 19.1 Å². The molecule has 0 unspecified atom stereocenters. The number of amides is 4. The van der Waals surface area contributed by atoms with Crippen molar-refractivity contribution in [3.05, 3.63) is 40.1 Å². The fourth-order valence-corrected chi connectivity index (χ4v) is 6.97. The molecule has 4 amide bonds. The standard InChI is InChI=1S/C23H23N5O4S2/c29-19(13-28-20(30)23(26-21(28)31)6-1-2-17-15(23)5-11-33-17)24-14-3-4-16-18(12-14)34-22(25-16)27-7-9-32-10-8-27/h3-5,11-12H,1-2,6-10,13H2,(H,24,29)(H,26,31)/t23-/m0/s1. The highest BCUT2D eigenvalue weighted by molar-refractivity contribution is 7.22. The lowest BCUT2D eigenvalue weighted by molar-refractivity contribution is -0.134. The van der Waals surface area contributed by atoms with Gasteiger partial charge in [-0.1, -0.05) is 11.3 Å². The van der Waals surface area contributed by atoms with E-state index in [1.54, 1.807) is 28.7 Å². The minimum Gasteiger partial charge on any atom is -0.378 e. The molecule has 0 radical (unpaired) electrons. The van der Waals surface area contributed by atoms with Gasteiger partial charge in [0.05, 0.1) is 23.4 Å². The summed E-state index contributed by atoms with van der Waals surface area (Å²) in [6.45, 7) is 2.67. The number of anilines is 2. The normalized spacial score (nSPS) is 22.4. The number of aryl methyl sites for hydroxylation is 1. The molecule has 9 nitrogen and oxygen atoms in total. The van der Waals surface area contributed by atoms with Crippen LogP contribution in [0.25, 0.3) is 10.2 Å². The predicted molar refractivity (Wildman–Crippen MR) is 130 cm³/mol. The lowest BCUT2D eigenvalue weighted by Crippen LogP contribution is -2.46. The van der Waals surface area contributed by atoms with Crippen LogP contribution in [0.3, 0.4) is 0 Å². The number of nitrogens with one attached hydrogen (secondary N) is 2. The summed E-state index contributed by atoms with van der Waals surface area (Å²) in [6.07, 6.45) is 2.28. The van der Waals surface area contributed by atoms with Crippen molar-refractivity contribution in [1.82, 2.24) is 15.2 Å². The predicted octanol–water partition coefficient (Wildman–Crippen LogP) is 2.92. The number of thiophene rings is 1. The van der Waals surface area contributed by atoms with Crippen molar-refractivity contribution in [2.24, 2.45) is 0 Å². The van der Waals surface area contributed by atoms with Crippen LogP contribution in [0.1, 0.15) is 23.3 Å². The van der Waals surface area contributed by atoms with Crippen LogP contribution >= 0.6 is 22.7 Å². The van der Waals surface area contributed by atoms with Gasteiger partial charge in [0.1, 0.15) is 12.1 Å². The summed E-state index contributed by atoms with van der Waals surface area (Å²) in [5, 5.41) is 8.60. The largest absolute Gasteiger partial charge is 0.378 e. The average Bonchev–Trinajstić information content (AvgIpc) is 3.54. The van der Waals surface area contributed by atoms with Gasteiger partial charge in [-0.2, -0.15) is 0 Å². The minimum absolute atomic E-state index is 0.328. The Morgan fingerprint density at radius 3 is 2.94 bits per heavy atom. The summed E-state index contributed by atoms with van der Waals surface area (Å²) >= 11 is 3.17. The molecule has 2 saturated heterocycles. The molecule has 2 fully saturated rings. The van der Waals surface area contributed by atoms with E-state index in [-0.39, 0.29) is 12.5 Å². The molecule has 2 aromatic heterocycles. The Kier molecular flexibility index (Phi) is 5.27. The molecule has 2 aliphatic heterocycles. The number of imide groups is 1. The van der Waals surface area contributed by atoms with Crippen LogP contribution in [0.2, 0.25) is 0 Å². The van der Waals surface area contributed by atoms with E-state index in [1.165, 1.54) is 0 Å². The third kappa shape index (κ3) is 3.55. The molecule has 34 heavy (non-hydrogen) atoms. The summed E-state index contributed by atoms with van der Waals surface area (Å²) in [7, 11) is 0. The molecule has 0 bridgehead atoms. The van der Waals surface area contributed by atoms with Gasteiger partial charge >= 0.3 is 6.03 Å². The molecule has 4 heterocycles. The molecule has 3 aromatic rings. The second-order valence-corrected chi connectivity index (χ2v) is 10.7. The van der Waals surface area contributed by atoms with Gasteiger partial charge in [-0.05, 0) is 48.9 Å². The molecule has 176 valence electrons. The molecule has 2 N–H and O–H groups in total. The van der Waals surface area contributed by atoms with Gasteiger partial charge in [0.2, 0.25) is 5.91 Å². The van der Waals surface area contributed by atoms with Crippen LogP contribution in [-0.2, 0) is 26.3 Å². The van der Waals surface area contributed by atoms with Crippen LogP contribution in [0.15, 0.2) is 29.6 Å². The van der Waals surface area contributed by atoms with Gasteiger partial charge in [0.15, 0.2) is 5.13 Å². The summed E-state index contributed by atoms with van der Waals surface area (Å²) in [6, 6.07) is 6.92. The molecule has 1 spiro atoms. The minimum atomic E-state index is -1.04. The Morgan fingerprint density at radius 2 is 2.09 bits per heavy atom. The summed E-state index contributed by atoms with van der Waals surface area (Å²) in [5.74, 6) is -0.765. The van der Waals surface area contributed by atoms with E-state index >= 15 is 0 Å². The molecular weight excluding hydrogens is 474 g/mol. The van der Waals surface area contributed by atoms with Gasteiger partial charge in [-0.3, -0.25) is 14.5 Å². The zero-order chi connectivity index (χ0) is 23.3. The number of carbonyl (C=O) groups is 3. The fraction of sp³-hybridized carbons (Fsp3) is 0.391. The zero-order valence-corrected chi connectivity index (χ0v) is 20.0. The quantitative estimate of drug-likeness (QED) is 0.537. The number of urea groups is 1. The van der Waals surface area contributed by atoms with E-state index in [1.807, 2.05) is 23.6 Å². The number of hydrogen-bond acceptors (Lipinski definition) is 8. The zero-order valence-electron chi connectivity index (χ0n) is 18.3. The van der Waals surface area contributed by atoms with Crippen molar-refractivity contribution >= 4 is 61.6 Å². The number of aromatic nitrogens is 1. The Labute approximate surface area is 203 Å². The van der Waals surface area contributed by atoms with Crippen LogP contribution in [0.5, 0.6) is 0 Å². The first-order valence-electron chi connectivity index (χ1n) is 11.3. The molecule has 1 aliphatic carbocycles. The van der Waals surface area contributed by atoms with Crippen LogP contribution < -0.4 is 15.5 Å². The van der Waals surface area contributed by atoms with E-state index < -0.39 is 17.5 Å². The van der Waals surface area contributed by atoms with Gasteiger partial charge in [-0.15, -0.1) is 11.3 Å². The molecule has 11 heteroatoms. The number of hydrogen-bond donors (Lipinski definition) is 2. The molecule has 3 aliphatic rings. The maximum atomic E-state index is 13.3. The van der Waals surface area contributed by atoms with Gasteiger partial charge in [-0.25, -0.2) is 9.78 Å². The third-order valence-corrected chi connectivity index (χ3v) is 8.64. The topological polar surface area (TPSA) is 104 Å². The molecule has 6 rings (SSSR count). The lowest BCUT2D eigenvalue weighted by Gasteiger charge is -2.31. The third-order valence-electron chi connectivity index (χ3n) is 6.58. The first-order chi connectivity index (χ1) is 16.5. The SMILES string of the molecule is O=C(CN1C(=O)N[C@]2(CCCc3sccc32)C1=O)Nc1ccc2nc(N3CCOCC3)sc2c1. The maximum absolute atomic E-state index is 13.3. The number of nitrogens with zero attached hydrogens (tertiary/aromatic N) is 3. The van der Waals surface area contributed by atoms with Crippen LogP contribution in [-0.4, -0.2) is 60.6 Å². The molecule has 0 saturated carbocycles. The number of thiazole rings is 1. The van der Waals surface area contributed by atoms with E-state index in [0.29, 0.717) is 25.3 Å². The van der Waals surface area contributed by atoms with E-state index in [4.69, 9.17) is 9.72 Å². The summed E-state index contributed by atoms with van der Waals surface area (Å²) < 4.78 is 6.37. The summed E-state index contributed by atoms with van der Waals surface area (Å²) in [5.41, 5.74) is 1.30. The highest BCUT2D eigenvalue weighted by Crippen LogP contribution is 2.42. The van der Waals surface area contributed by atoms with Crippen molar-refractivity contribution in [1.29, 1.82) is 0 Å². The van der Waals surface area contributed by atoms with Crippen molar-refractivity contribution in [3.63, 3.8) is 0 Å². The molecule has 1 aromatic carbocycles. The Hall–Kier alpha value is -3.02. The maximum Gasteiger partial charge on any atom is 0.325 e. The first-order valence-corrected chi connectivity index (χ1v) is 13.0.